The fourth-order valence-corrected chi connectivity index (χ4v) is 3.44. The molecule has 0 aromatic heterocycles. The number of hydrogen-bond acceptors (Lipinski definition) is 2. The molecule has 106 valence electrons. The number of hydrogen-bond donors (Lipinski definition) is 2. The predicted molar refractivity (Wildman–Crippen MR) is 86.9 cm³/mol. The minimum absolute atomic E-state index is 0.477. The van der Waals surface area contributed by atoms with Gasteiger partial charge < -0.3 is 11.1 Å². The second kappa shape index (κ2) is 5.10. The second-order valence-corrected chi connectivity index (χ2v) is 6.77. The lowest BCUT2D eigenvalue weighted by Gasteiger charge is -2.20. The topological polar surface area (TPSA) is 38.0 Å². The summed E-state index contributed by atoms with van der Waals surface area (Å²) in [6.45, 7) is 5.33. The molecule has 3 rings (SSSR count). The highest BCUT2D eigenvalue weighted by Crippen LogP contribution is 2.39. The van der Waals surface area contributed by atoms with Gasteiger partial charge in [-0.25, -0.2) is 0 Å². The van der Waals surface area contributed by atoms with Crippen molar-refractivity contribution in [1.29, 1.82) is 0 Å². The van der Waals surface area contributed by atoms with Gasteiger partial charge in [0.05, 0.1) is 0 Å². The molecule has 1 aliphatic carbocycles. The van der Waals surface area contributed by atoms with Crippen molar-refractivity contribution in [3.05, 3.63) is 42.0 Å². The molecule has 0 radical (unpaired) electrons. The van der Waals surface area contributed by atoms with Gasteiger partial charge in [0, 0.05) is 23.7 Å². The van der Waals surface area contributed by atoms with Crippen LogP contribution in [0, 0.1) is 5.41 Å². The minimum atomic E-state index is 0.477. The minimum Gasteiger partial charge on any atom is -0.382 e. The third-order valence-electron chi connectivity index (χ3n) is 4.56. The highest BCUT2D eigenvalue weighted by Gasteiger charge is 2.30. The van der Waals surface area contributed by atoms with Gasteiger partial charge in [0.1, 0.15) is 0 Å². The molecular weight excluding hydrogens is 244 g/mol. The van der Waals surface area contributed by atoms with Gasteiger partial charge >= 0.3 is 0 Å². The number of nitrogens with two attached hydrogens (primary N) is 1. The Morgan fingerprint density at radius 1 is 1.15 bits per heavy atom. The van der Waals surface area contributed by atoms with E-state index in [1.54, 1.807) is 0 Å². The summed E-state index contributed by atoms with van der Waals surface area (Å²) in [5, 5.41) is 6.32. The predicted octanol–water partition coefficient (Wildman–Crippen LogP) is 4.29. The summed E-state index contributed by atoms with van der Waals surface area (Å²) in [7, 11) is 0. The quantitative estimate of drug-likeness (QED) is 0.871. The summed E-state index contributed by atoms with van der Waals surface area (Å²) >= 11 is 0. The SMILES string of the molecule is CC1(C)CCC(Nc2ccc(CN)c3ccccc23)C1. The molecule has 0 heterocycles. The summed E-state index contributed by atoms with van der Waals surface area (Å²) < 4.78 is 0. The molecule has 1 fully saturated rings. The zero-order chi connectivity index (χ0) is 14.2. The Morgan fingerprint density at radius 3 is 2.55 bits per heavy atom. The summed E-state index contributed by atoms with van der Waals surface area (Å²) in [4.78, 5) is 0. The van der Waals surface area contributed by atoms with Crippen molar-refractivity contribution >= 4 is 16.5 Å². The molecule has 0 aliphatic heterocycles. The largest absolute Gasteiger partial charge is 0.382 e. The fourth-order valence-electron chi connectivity index (χ4n) is 3.44. The maximum Gasteiger partial charge on any atom is 0.0422 e. The van der Waals surface area contributed by atoms with E-state index >= 15 is 0 Å². The lowest BCUT2D eigenvalue weighted by molar-refractivity contribution is 0.378. The Labute approximate surface area is 121 Å². The first-order chi connectivity index (χ1) is 9.59. The Kier molecular flexibility index (Phi) is 3.43. The maximum atomic E-state index is 5.84. The van der Waals surface area contributed by atoms with Crippen molar-refractivity contribution < 1.29 is 0 Å². The number of nitrogens with one attached hydrogen (secondary N) is 1. The van der Waals surface area contributed by atoms with Crippen LogP contribution in [0.3, 0.4) is 0 Å². The Morgan fingerprint density at radius 2 is 1.90 bits per heavy atom. The summed E-state index contributed by atoms with van der Waals surface area (Å²) in [6.07, 6.45) is 3.82. The molecule has 0 saturated heterocycles. The van der Waals surface area contributed by atoms with E-state index in [1.807, 2.05) is 0 Å². The summed E-state index contributed by atoms with van der Waals surface area (Å²) in [6, 6.07) is 13.5. The van der Waals surface area contributed by atoms with Crippen molar-refractivity contribution in [2.24, 2.45) is 11.1 Å². The van der Waals surface area contributed by atoms with Gasteiger partial charge in [-0.05, 0) is 41.7 Å². The van der Waals surface area contributed by atoms with Crippen molar-refractivity contribution in [1.82, 2.24) is 0 Å². The monoisotopic (exact) mass is 268 g/mol. The van der Waals surface area contributed by atoms with Crippen LogP contribution in [0.2, 0.25) is 0 Å². The van der Waals surface area contributed by atoms with Crippen LogP contribution in [0.4, 0.5) is 5.69 Å². The summed E-state index contributed by atoms with van der Waals surface area (Å²) in [5.41, 5.74) is 8.79. The van der Waals surface area contributed by atoms with E-state index in [0.717, 1.165) is 0 Å². The second-order valence-electron chi connectivity index (χ2n) is 6.77. The Bertz CT molecular complexity index is 616. The maximum absolute atomic E-state index is 5.84. The molecule has 0 amide bonds. The molecule has 0 bridgehead atoms. The smallest absolute Gasteiger partial charge is 0.0422 e. The van der Waals surface area contributed by atoms with E-state index in [1.165, 1.54) is 41.3 Å². The highest BCUT2D eigenvalue weighted by atomic mass is 14.9. The van der Waals surface area contributed by atoms with Crippen LogP contribution >= 0.6 is 0 Å². The van der Waals surface area contributed by atoms with Crippen LogP contribution in [-0.4, -0.2) is 6.04 Å². The molecule has 2 aromatic rings. The van der Waals surface area contributed by atoms with Crippen LogP contribution in [0.5, 0.6) is 0 Å². The van der Waals surface area contributed by atoms with Gasteiger partial charge in [-0.2, -0.15) is 0 Å². The normalized spacial score (nSPS) is 21.2. The van der Waals surface area contributed by atoms with E-state index in [4.69, 9.17) is 5.73 Å². The lowest BCUT2D eigenvalue weighted by Crippen LogP contribution is -2.17. The van der Waals surface area contributed by atoms with Crippen LogP contribution < -0.4 is 11.1 Å². The molecule has 2 heteroatoms. The average molecular weight is 268 g/mol. The first-order valence-electron chi connectivity index (χ1n) is 7.56. The van der Waals surface area contributed by atoms with E-state index in [-0.39, 0.29) is 0 Å². The number of benzene rings is 2. The summed E-state index contributed by atoms with van der Waals surface area (Å²) in [5.74, 6) is 0. The van der Waals surface area contributed by atoms with Crippen molar-refractivity contribution in [2.45, 2.75) is 45.7 Å². The van der Waals surface area contributed by atoms with Gasteiger partial charge in [0.15, 0.2) is 0 Å². The Hall–Kier alpha value is -1.54. The zero-order valence-corrected chi connectivity index (χ0v) is 12.4. The van der Waals surface area contributed by atoms with Crippen molar-refractivity contribution in [2.75, 3.05) is 5.32 Å². The molecule has 3 N–H and O–H groups in total. The standard InChI is InChI=1S/C18H24N2/c1-18(2)10-9-14(11-18)20-17-8-7-13(12-19)15-5-3-4-6-16(15)17/h3-8,14,20H,9-12,19H2,1-2H3. The van der Waals surface area contributed by atoms with Crippen molar-refractivity contribution in [3.8, 4) is 0 Å². The molecular formula is C18H24N2. The third kappa shape index (κ3) is 2.53. The molecule has 1 atom stereocenters. The molecule has 20 heavy (non-hydrogen) atoms. The first-order valence-corrected chi connectivity index (χ1v) is 7.56. The van der Waals surface area contributed by atoms with Crippen LogP contribution in [-0.2, 0) is 6.54 Å². The van der Waals surface area contributed by atoms with Crippen molar-refractivity contribution in [3.63, 3.8) is 0 Å². The lowest BCUT2D eigenvalue weighted by atomic mass is 9.92. The number of fused-ring (bicyclic) bond motifs is 1. The molecule has 1 saturated carbocycles. The van der Waals surface area contributed by atoms with Gasteiger partial charge in [0.2, 0.25) is 0 Å². The molecule has 2 nitrogen and oxygen atoms in total. The number of rotatable bonds is 3. The van der Waals surface area contributed by atoms with E-state index in [0.29, 0.717) is 18.0 Å². The molecule has 2 aromatic carbocycles. The van der Waals surface area contributed by atoms with E-state index in [9.17, 15) is 0 Å². The van der Waals surface area contributed by atoms with Crippen LogP contribution in [0.15, 0.2) is 36.4 Å². The Balaban J connectivity index is 1.93. The van der Waals surface area contributed by atoms with Gasteiger partial charge in [-0.3, -0.25) is 0 Å². The number of anilines is 1. The zero-order valence-electron chi connectivity index (χ0n) is 12.4. The van der Waals surface area contributed by atoms with E-state index in [2.05, 4.69) is 55.6 Å². The van der Waals surface area contributed by atoms with Gasteiger partial charge in [0.25, 0.3) is 0 Å². The van der Waals surface area contributed by atoms with Gasteiger partial charge in [-0.15, -0.1) is 0 Å². The highest BCUT2D eigenvalue weighted by molar-refractivity contribution is 5.96. The van der Waals surface area contributed by atoms with E-state index < -0.39 is 0 Å². The van der Waals surface area contributed by atoms with Gasteiger partial charge in [-0.1, -0.05) is 44.2 Å². The average Bonchev–Trinajstić information content (AvgIpc) is 2.78. The fraction of sp³-hybridized carbons (Fsp3) is 0.444. The molecule has 1 unspecified atom stereocenters. The molecule has 0 spiro atoms. The third-order valence-corrected chi connectivity index (χ3v) is 4.56. The first kappa shape index (κ1) is 13.4. The molecule has 1 aliphatic rings. The van der Waals surface area contributed by atoms with Crippen LogP contribution in [0.1, 0.15) is 38.7 Å². The van der Waals surface area contributed by atoms with Crippen LogP contribution in [0.25, 0.3) is 10.8 Å².